The molecule has 0 aliphatic heterocycles. The van der Waals surface area contributed by atoms with Crippen molar-refractivity contribution in [2.45, 2.75) is 91.9 Å². The van der Waals surface area contributed by atoms with E-state index in [0.29, 0.717) is 24.7 Å². The highest BCUT2D eigenvalue weighted by molar-refractivity contribution is 5.76. The van der Waals surface area contributed by atoms with E-state index in [0.717, 1.165) is 77.5 Å². The number of hydrogen-bond donors (Lipinski definition) is 0. The van der Waals surface area contributed by atoms with E-state index < -0.39 is 0 Å². The lowest BCUT2D eigenvalue weighted by molar-refractivity contribution is -0.132. The van der Waals surface area contributed by atoms with E-state index in [9.17, 15) is 9.59 Å². The highest BCUT2D eigenvalue weighted by Crippen LogP contribution is 2.10. The van der Waals surface area contributed by atoms with Gasteiger partial charge in [0, 0.05) is 39.0 Å². The minimum absolute atomic E-state index is 0.298. The number of carbonyl (C=O) groups excluding carboxylic acids is 2. The molecule has 24 heavy (non-hydrogen) atoms. The van der Waals surface area contributed by atoms with Gasteiger partial charge in [-0.05, 0) is 38.5 Å². The van der Waals surface area contributed by atoms with Gasteiger partial charge in [-0.3, -0.25) is 9.59 Å². The van der Waals surface area contributed by atoms with Crippen LogP contribution in [-0.4, -0.2) is 47.8 Å². The first-order valence-electron chi connectivity index (χ1n) is 10.2. The predicted molar refractivity (Wildman–Crippen MR) is 102 cm³/mol. The maximum absolute atomic E-state index is 12.2. The zero-order valence-electron chi connectivity index (χ0n) is 16.6. The van der Waals surface area contributed by atoms with Crippen LogP contribution in [-0.2, 0) is 9.59 Å². The van der Waals surface area contributed by atoms with Crippen LogP contribution < -0.4 is 0 Å². The van der Waals surface area contributed by atoms with Crippen LogP contribution in [0.4, 0.5) is 0 Å². The molecule has 0 saturated carbocycles. The van der Waals surface area contributed by atoms with Crippen LogP contribution in [0.2, 0.25) is 0 Å². The third kappa shape index (κ3) is 10.7. The quantitative estimate of drug-likeness (QED) is 0.408. The highest BCUT2D eigenvalue weighted by Gasteiger charge is 2.12. The predicted octanol–water partition coefficient (Wildman–Crippen LogP) is 4.62. The largest absolute Gasteiger partial charge is 0.343 e. The van der Waals surface area contributed by atoms with Crippen molar-refractivity contribution in [3.63, 3.8) is 0 Å². The summed E-state index contributed by atoms with van der Waals surface area (Å²) in [5.74, 6) is 0.596. The lowest BCUT2D eigenvalue weighted by Gasteiger charge is -2.22. The maximum Gasteiger partial charge on any atom is 0.222 e. The SMILES string of the molecule is CCCN(CCC)C(=O)CCCCCCC(=O)N(CCC)CCC. The Balaban J connectivity index is 3.85. The number of unbranched alkanes of at least 4 members (excludes halogenated alkanes) is 3. The van der Waals surface area contributed by atoms with Crippen molar-refractivity contribution in [3.8, 4) is 0 Å². The summed E-state index contributed by atoms with van der Waals surface area (Å²) in [4.78, 5) is 28.3. The molecule has 0 fully saturated rings. The van der Waals surface area contributed by atoms with Gasteiger partial charge in [0.05, 0.1) is 0 Å². The summed E-state index contributed by atoms with van der Waals surface area (Å²) >= 11 is 0. The number of amides is 2. The van der Waals surface area contributed by atoms with Crippen molar-refractivity contribution in [2.75, 3.05) is 26.2 Å². The molecule has 0 aliphatic carbocycles. The van der Waals surface area contributed by atoms with E-state index in [1.165, 1.54) is 0 Å². The number of hydrogen-bond acceptors (Lipinski definition) is 2. The molecule has 0 N–H and O–H groups in total. The van der Waals surface area contributed by atoms with Crippen molar-refractivity contribution >= 4 is 11.8 Å². The molecule has 0 aromatic rings. The summed E-state index contributed by atoms with van der Waals surface area (Å²) in [5, 5.41) is 0. The van der Waals surface area contributed by atoms with Gasteiger partial charge in [-0.1, -0.05) is 40.5 Å². The van der Waals surface area contributed by atoms with Crippen molar-refractivity contribution in [2.24, 2.45) is 0 Å². The van der Waals surface area contributed by atoms with Gasteiger partial charge >= 0.3 is 0 Å². The molecular formula is C20H40N2O2. The summed E-state index contributed by atoms with van der Waals surface area (Å²) in [6.45, 7) is 12.0. The van der Waals surface area contributed by atoms with Gasteiger partial charge in [0.15, 0.2) is 0 Å². The van der Waals surface area contributed by atoms with E-state index >= 15 is 0 Å². The lowest BCUT2D eigenvalue weighted by atomic mass is 10.1. The topological polar surface area (TPSA) is 40.6 Å². The van der Waals surface area contributed by atoms with Crippen LogP contribution in [0, 0.1) is 0 Å². The third-order valence-corrected chi connectivity index (χ3v) is 4.21. The first kappa shape index (κ1) is 22.9. The lowest BCUT2D eigenvalue weighted by Crippen LogP contribution is -2.32. The Morgan fingerprint density at radius 1 is 0.542 bits per heavy atom. The minimum Gasteiger partial charge on any atom is -0.343 e. The Kier molecular flexibility index (Phi) is 14.8. The van der Waals surface area contributed by atoms with Gasteiger partial charge in [-0.2, -0.15) is 0 Å². The molecule has 0 aliphatic rings. The second-order valence-corrected chi connectivity index (χ2v) is 6.68. The number of rotatable bonds is 15. The average molecular weight is 341 g/mol. The normalized spacial score (nSPS) is 10.7. The summed E-state index contributed by atoms with van der Waals surface area (Å²) in [7, 11) is 0. The Bertz CT molecular complexity index is 288. The third-order valence-electron chi connectivity index (χ3n) is 4.21. The Morgan fingerprint density at radius 2 is 0.833 bits per heavy atom. The van der Waals surface area contributed by atoms with Gasteiger partial charge < -0.3 is 9.80 Å². The Labute approximate surface area is 150 Å². The highest BCUT2D eigenvalue weighted by atomic mass is 16.2. The van der Waals surface area contributed by atoms with Crippen LogP contribution >= 0.6 is 0 Å². The van der Waals surface area contributed by atoms with Crippen LogP contribution in [0.3, 0.4) is 0 Å². The molecule has 0 unspecified atom stereocenters. The minimum atomic E-state index is 0.298. The molecule has 4 heteroatoms. The monoisotopic (exact) mass is 340 g/mol. The van der Waals surface area contributed by atoms with E-state index in [2.05, 4.69) is 27.7 Å². The fourth-order valence-electron chi connectivity index (χ4n) is 3.02. The summed E-state index contributed by atoms with van der Waals surface area (Å²) in [6.07, 6.45) is 9.42. The van der Waals surface area contributed by atoms with E-state index in [1.54, 1.807) is 0 Å². The maximum atomic E-state index is 12.2. The fourth-order valence-corrected chi connectivity index (χ4v) is 3.02. The first-order chi connectivity index (χ1) is 11.6. The van der Waals surface area contributed by atoms with E-state index in [4.69, 9.17) is 0 Å². The van der Waals surface area contributed by atoms with Crippen LogP contribution in [0.1, 0.15) is 91.9 Å². The van der Waals surface area contributed by atoms with Crippen molar-refractivity contribution in [1.82, 2.24) is 9.80 Å². The van der Waals surface area contributed by atoms with Crippen molar-refractivity contribution < 1.29 is 9.59 Å². The number of nitrogens with zero attached hydrogens (tertiary/aromatic N) is 2. The van der Waals surface area contributed by atoms with Crippen LogP contribution in [0.5, 0.6) is 0 Å². The summed E-state index contributed by atoms with van der Waals surface area (Å²) in [6, 6.07) is 0. The van der Waals surface area contributed by atoms with E-state index in [-0.39, 0.29) is 0 Å². The molecule has 0 spiro atoms. The fraction of sp³-hybridized carbons (Fsp3) is 0.900. The Hall–Kier alpha value is -1.06. The molecule has 0 saturated heterocycles. The molecule has 0 heterocycles. The molecule has 0 radical (unpaired) electrons. The molecule has 0 bridgehead atoms. The van der Waals surface area contributed by atoms with Crippen LogP contribution in [0.25, 0.3) is 0 Å². The van der Waals surface area contributed by atoms with E-state index in [1.807, 2.05) is 9.80 Å². The van der Waals surface area contributed by atoms with Gasteiger partial charge in [-0.25, -0.2) is 0 Å². The van der Waals surface area contributed by atoms with Gasteiger partial charge in [0.2, 0.25) is 11.8 Å². The number of carbonyl (C=O) groups is 2. The summed E-state index contributed by atoms with van der Waals surface area (Å²) < 4.78 is 0. The van der Waals surface area contributed by atoms with Gasteiger partial charge in [0.25, 0.3) is 0 Å². The molecule has 0 rings (SSSR count). The molecule has 2 amide bonds. The molecule has 142 valence electrons. The second kappa shape index (κ2) is 15.5. The zero-order valence-corrected chi connectivity index (χ0v) is 16.6. The average Bonchev–Trinajstić information content (AvgIpc) is 2.57. The molecule has 4 nitrogen and oxygen atoms in total. The second-order valence-electron chi connectivity index (χ2n) is 6.68. The molecule has 0 aromatic heterocycles. The van der Waals surface area contributed by atoms with Crippen molar-refractivity contribution in [3.05, 3.63) is 0 Å². The van der Waals surface area contributed by atoms with Gasteiger partial charge in [0.1, 0.15) is 0 Å². The standard InChI is InChI=1S/C20H40N2O2/c1-5-15-21(16-6-2)19(23)13-11-9-10-12-14-20(24)22(17-7-3)18-8-4/h5-18H2,1-4H3. The van der Waals surface area contributed by atoms with Gasteiger partial charge in [-0.15, -0.1) is 0 Å². The molecule has 0 aromatic carbocycles. The Morgan fingerprint density at radius 3 is 1.08 bits per heavy atom. The zero-order chi connectivity index (χ0) is 18.2. The van der Waals surface area contributed by atoms with Crippen molar-refractivity contribution in [1.29, 1.82) is 0 Å². The molecule has 0 atom stereocenters. The first-order valence-corrected chi connectivity index (χ1v) is 10.2. The van der Waals surface area contributed by atoms with Crippen LogP contribution in [0.15, 0.2) is 0 Å². The summed E-state index contributed by atoms with van der Waals surface area (Å²) in [5.41, 5.74) is 0. The molecular weight excluding hydrogens is 300 g/mol. The smallest absolute Gasteiger partial charge is 0.222 e.